The van der Waals surface area contributed by atoms with Gasteiger partial charge >= 0.3 is 0 Å². The molecular formula is C23H17NO5S. The molecule has 3 aliphatic heterocycles. The van der Waals surface area contributed by atoms with Crippen LogP contribution in [0.4, 0.5) is 5.69 Å². The topological polar surface area (TPSA) is 57.2 Å². The minimum absolute atomic E-state index is 0.0994. The van der Waals surface area contributed by atoms with Crippen LogP contribution in [0, 0.1) is 0 Å². The highest BCUT2D eigenvalue weighted by molar-refractivity contribution is 7.10. The summed E-state index contributed by atoms with van der Waals surface area (Å²) in [7, 11) is 0. The first-order chi connectivity index (χ1) is 14.8. The molecule has 150 valence electrons. The molecule has 7 heteroatoms. The molecule has 3 aliphatic rings. The van der Waals surface area contributed by atoms with Gasteiger partial charge in [0.25, 0.3) is 0 Å². The van der Waals surface area contributed by atoms with Gasteiger partial charge in [-0.25, -0.2) is 0 Å². The maximum Gasteiger partial charge on any atom is 0.232 e. The Kier molecular flexibility index (Phi) is 3.95. The predicted molar refractivity (Wildman–Crippen MR) is 113 cm³/mol. The SMILES string of the molecule is O=C1C(=Cc2cccs2)Oc2c1ccc1c2CN(c2ccc3c(c2)OCCO3)CO1. The summed E-state index contributed by atoms with van der Waals surface area (Å²) in [6.45, 7) is 2.07. The Morgan fingerprint density at radius 2 is 1.83 bits per heavy atom. The van der Waals surface area contributed by atoms with Crippen molar-refractivity contribution in [3.05, 3.63) is 69.6 Å². The standard InChI is InChI=1S/C23H17NO5S/c25-22-16-4-6-18-17(23(16)29-21(22)11-15-2-1-9-30-15)12-24(13-28-18)14-3-5-19-20(10-14)27-8-7-26-19/h1-6,9-11H,7-8,12-13H2. The summed E-state index contributed by atoms with van der Waals surface area (Å²) in [4.78, 5) is 15.9. The number of anilines is 1. The van der Waals surface area contributed by atoms with Gasteiger partial charge in [-0.3, -0.25) is 4.79 Å². The third kappa shape index (κ3) is 2.81. The van der Waals surface area contributed by atoms with Gasteiger partial charge < -0.3 is 23.8 Å². The van der Waals surface area contributed by atoms with E-state index < -0.39 is 0 Å². The lowest BCUT2D eigenvalue weighted by Crippen LogP contribution is -2.32. The molecule has 0 spiro atoms. The summed E-state index contributed by atoms with van der Waals surface area (Å²) >= 11 is 1.56. The smallest absolute Gasteiger partial charge is 0.232 e. The Morgan fingerprint density at radius 1 is 0.967 bits per heavy atom. The number of fused-ring (bicyclic) bond motifs is 4. The van der Waals surface area contributed by atoms with E-state index in [0.717, 1.165) is 33.4 Å². The molecule has 0 amide bonds. The third-order valence-electron chi connectivity index (χ3n) is 5.33. The molecule has 0 fully saturated rings. The first kappa shape index (κ1) is 17.4. The third-order valence-corrected chi connectivity index (χ3v) is 6.15. The highest BCUT2D eigenvalue weighted by atomic mass is 32.1. The van der Waals surface area contributed by atoms with Crippen LogP contribution in [0.2, 0.25) is 0 Å². The zero-order valence-corrected chi connectivity index (χ0v) is 16.7. The van der Waals surface area contributed by atoms with E-state index in [4.69, 9.17) is 18.9 Å². The van der Waals surface area contributed by atoms with E-state index in [1.807, 2.05) is 41.8 Å². The molecule has 0 aliphatic carbocycles. The molecule has 0 unspecified atom stereocenters. The molecule has 6 nitrogen and oxygen atoms in total. The summed E-state index contributed by atoms with van der Waals surface area (Å²) in [5.41, 5.74) is 2.40. The molecule has 30 heavy (non-hydrogen) atoms. The number of carbonyl (C=O) groups is 1. The molecule has 2 aromatic carbocycles. The van der Waals surface area contributed by atoms with Crippen LogP contribution in [-0.2, 0) is 6.54 Å². The number of ether oxygens (including phenoxy) is 4. The first-order valence-electron chi connectivity index (χ1n) is 9.67. The molecule has 0 atom stereocenters. The summed E-state index contributed by atoms with van der Waals surface area (Å²) < 4.78 is 23.3. The number of allylic oxidation sites excluding steroid dienone is 1. The number of nitrogens with zero attached hydrogens (tertiary/aromatic N) is 1. The second-order valence-electron chi connectivity index (χ2n) is 7.17. The Hall–Kier alpha value is -3.45. The number of carbonyl (C=O) groups excluding carboxylic acids is 1. The molecule has 0 bridgehead atoms. The average molecular weight is 419 g/mol. The lowest BCUT2D eigenvalue weighted by molar-refractivity contribution is 0.101. The van der Waals surface area contributed by atoms with E-state index in [1.165, 1.54) is 0 Å². The molecule has 0 saturated carbocycles. The molecule has 0 N–H and O–H groups in total. The zero-order valence-electron chi connectivity index (χ0n) is 15.9. The minimum atomic E-state index is -0.0994. The van der Waals surface area contributed by atoms with Crippen molar-refractivity contribution in [2.75, 3.05) is 24.8 Å². The fourth-order valence-electron chi connectivity index (χ4n) is 3.86. The molecule has 0 radical (unpaired) electrons. The summed E-state index contributed by atoms with van der Waals surface area (Å²) in [6.07, 6.45) is 1.79. The Morgan fingerprint density at radius 3 is 2.70 bits per heavy atom. The van der Waals surface area contributed by atoms with Crippen molar-refractivity contribution in [2.24, 2.45) is 0 Å². The van der Waals surface area contributed by atoms with Crippen molar-refractivity contribution >= 4 is 28.9 Å². The molecule has 1 aromatic heterocycles. The second-order valence-corrected chi connectivity index (χ2v) is 8.15. The van der Waals surface area contributed by atoms with E-state index in [-0.39, 0.29) is 5.78 Å². The zero-order chi connectivity index (χ0) is 20.1. The normalized spacial score (nSPS) is 17.9. The summed E-state index contributed by atoms with van der Waals surface area (Å²) in [5.74, 6) is 3.06. The van der Waals surface area contributed by atoms with Gasteiger partial charge in [-0.15, -0.1) is 11.3 Å². The average Bonchev–Trinajstić information content (AvgIpc) is 3.41. The molecule has 4 heterocycles. The van der Waals surface area contributed by atoms with Gasteiger partial charge in [0.2, 0.25) is 5.78 Å². The second kappa shape index (κ2) is 6.81. The number of rotatable bonds is 2. The number of ketones is 1. The number of hydrogen-bond acceptors (Lipinski definition) is 7. The number of hydrogen-bond donors (Lipinski definition) is 0. The maximum atomic E-state index is 12.8. The van der Waals surface area contributed by atoms with Crippen LogP contribution in [0.3, 0.4) is 0 Å². The van der Waals surface area contributed by atoms with Crippen molar-refractivity contribution in [3.8, 4) is 23.0 Å². The Bertz CT molecular complexity index is 1180. The van der Waals surface area contributed by atoms with Crippen LogP contribution in [0.5, 0.6) is 23.0 Å². The van der Waals surface area contributed by atoms with Gasteiger partial charge in [-0.2, -0.15) is 0 Å². The predicted octanol–water partition coefficient (Wildman–Crippen LogP) is 4.49. The van der Waals surface area contributed by atoms with Crippen molar-refractivity contribution in [1.29, 1.82) is 0 Å². The fraction of sp³-hybridized carbons (Fsp3) is 0.174. The largest absolute Gasteiger partial charge is 0.486 e. The van der Waals surface area contributed by atoms with Crippen LogP contribution in [0.15, 0.2) is 53.6 Å². The van der Waals surface area contributed by atoms with Gasteiger partial charge in [0.05, 0.1) is 17.7 Å². The van der Waals surface area contributed by atoms with E-state index in [0.29, 0.717) is 43.6 Å². The van der Waals surface area contributed by atoms with E-state index in [2.05, 4.69) is 4.90 Å². The van der Waals surface area contributed by atoms with Gasteiger partial charge in [0, 0.05) is 22.7 Å². The molecule has 6 rings (SSSR count). The quantitative estimate of drug-likeness (QED) is 0.571. The van der Waals surface area contributed by atoms with Crippen molar-refractivity contribution in [2.45, 2.75) is 6.54 Å². The minimum Gasteiger partial charge on any atom is -0.486 e. The maximum absolute atomic E-state index is 12.8. The van der Waals surface area contributed by atoms with Crippen molar-refractivity contribution in [3.63, 3.8) is 0 Å². The van der Waals surface area contributed by atoms with Gasteiger partial charge in [0.1, 0.15) is 24.7 Å². The highest BCUT2D eigenvalue weighted by Crippen LogP contribution is 2.43. The Labute approximate surface area is 176 Å². The first-order valence-corrected chi connectivity index (χ1v) is 10.6. The van der Waals surface area contributed by atoms with Gasteiger partial charge in [0.15, 0.2) is 24.0 Å². The van der Waals surface area contributed by atoms with Gasteiger partial charge in [-0.05, 0) is 35.7 Å². The van der Waals surface area contributed by atoms with Crippen LogP contribution >= 0.6 is 11.3 Å². The monoisotopic (exact) mass is 419 g/mol. The number of thiophene rings is 1. The fourth-order valence-corrected chi connectivity index (χ4v) is 4.50. The summed E-state index contributed by atoms with van der Waals surface area (Å²) in [5, 5.41) is 1.97. The van der Waals surface area contributed by atoms with Crippen molar-refractivity contribution < 1.29 is 23.7 Å². The molecule has 3 aromatic rings. The van der Waals surface area contributed by atoms with E-state index >= 15 is 0 Å². The van der Waals surface area contributed by atoms with Crippen LogP contribution in [0.1, 0.15) is 20.8 Å². The molecular weight excluding hydrogens is 402 g/mol. The lowest BCUT2D eigenvalue weighted by Gasteiger charge is -2.32. The van der Waals surface area contributed by atoms with Crippen LogP contribution in [0.25, 0.3) is 6.08 Å². The van der Waals surface area contributed by atoms with E-state index in [9.17, 15) is 4.79 Å². The van der Waals surface area contributed by atoms with Crippen LogP contribution in [-0.4, -0.2) is 25.7 Å². The Balaban J connectivity index is 1.33. The highest BCUT2D eigenvalue weighted by Gasteiger charge is 2.34. The van der Waals surface area contributed by atoms with Gasteiger partial charge in [-0.1, -0.05) is 6.07 Å². The summed E-state index contributed by atoms with van der Waals surface area (Å²) in [6, 6.07) is 13.4. The molecule has 0 saturated heterocycles. The number of benzene rings is 2. The number of Topliss-reactive ketones (excluding diaryl/α,β-unsaturated/α-hetero) is 1. The lowest BCUT2D eigenvalue weighted by atomic mass is 10.0. The van der Waals surface area contributed by atoms with E-state index in [1.54, 1.807) is 23.5 Å². The van der Waals surface area contributed by atoms with Crippen LogP contribution < -0.4 is 23.8 Å². The van der Waals surface area contributed by atoms with Crippen molar-refractivity contribution in [1.82, 2.24) is 0 Å².